The number of carbonyl (C=O) groups excluding carboxylic acids is 1. The number of aromatic nitrogens is 1. The summed E-state index contributed by atoms with van der Waals surface area (Å²) >= 11 is 3.10. The zero-order valence-electron chi connectivity index (χ0n) is 7.31. The van der Waals surface area contributed by atoms with Crippen LogP contribution in [0.5, 0.6) is 0 Å². The van der Waals surface area contributed by atoms with Crippen LogP contribution in [-0.2, 0) is 10.1 Å². The maximum Gasteiger partial charge on any atom is 0.471 e. The Morgan fingerprint density at radius 3 is 2.67 bits per heavy atom. The Labute approximate surface area is 91.8 Å². The number of nitrogens with zero attached hydrogens (tertiary/aromatic N) is 1. The van der Waals surface area contributed by atoms with Gasteiger partial charge in [0.25, 0.3) is 0 Å². The molecule has 0 saturated carbocycles. The van der Waals surface area contributed by atoms with E-state index in [1.54, 1.807) is 11.4 Å². The van der Waals surface area contributed by atoms with Crippen LogP contribution in [0.4, 0.5) is 19.0 Å². The lowest BCUT2D eigenvalue weighted by Crippen LogP contribution is -2.30. The number of hydrogen-bond acceptors (Lipinski definition) is 2. The molecule has 3 nitrogen and oxygen atoms in total. The van der Waals surface area contributed by atoms with Crippen molar-refractivity contribution in [1.82, 2.24) is 4.98 Å². The third kappa shape index (κ3) is 3.50. The number of pyridine rings is 1. The van der Waals surface area contributed by atoms with Crippen molar-refractivity contribution in [3.8, 4) is 0 Å². The van der Waals surface area contributed by atoms with Crippen molar-refractivity contribution in [2.45, 2.75) is 11.5 Å². The van der Waals surface area contributed by atoms with Crippen LogP contribution in [0.2, 0.25) is 0 Å². The second-order valence-corrected chi connectivity index (χ2v) is 3.16. The van der Waals surface area contributed by atoms with Gasteiger partial charge in [0.05, 0.1) is 5.69 Å². The zero-order valence-corrected chi connectivity index (χ0v) is 8.89. The van der Waals surface area contributed by atoms with Crippen molar-refractivity contribution < 1.29 is 18.0 Å². The molecule has 0 aromatic carbocycles. The lowest BCUT2D eigenvalue weighted by atomic mass is 10.4. The zero-order chi connectivity index (χ0) is 11.5. The molecule has 1 amide bonds. The smallest absolute Gasteiger partial charge is 0.303 e. The van der Waals surface area contributed by atoms with Crippen molar-refractivity contribution in [3.63, 3.8) is 0 Å². The number of hydrogen-bond donors (Lipinski definition) is 1. The van der Waals surface area contributed by atoms with E-state index in [1.807, 2.05) is 0 Å². The summed E-state index contributed by atoms with van der Waals surface area (Å²) in [5.41, 5.74) is 0.537. The Bertz CT molecular complexity index is 367. The molecule has 1 aromatic rings. The van der Waals surface area contributed by atoms with E-state index in [0.29, 0.717) is 11.0 Å². The van der Waals surface area contributed by atoms with Crippen LogP contribution < -0.4 is 5.32 Å². The Kier molecular flexibility index (Phi) is 3.67. The molecule has 7 heteroatoms. The molecular weight excluding hydrogens is 277 g/mol. The molecule has 0 saturated heterocycles. The summed E-state index contributed by atoms with van der Waals surface area (Å²) in [6, 6.07) is 4.42. The van der Waals surface area contributed by atoms with E-state index in [2.05, 4.69) is 20.9 Å². The second-order valence-electron chi connectivity index (χ2n) is 2.60. The summed E-state index contributed by atoms with van der Waals surface area (Å²) in [6.07, 6.45) is -4.90. The van der Waals surface area contributed by atoms with Crippen LogP contribution in [0.3, 0.4) is 0 Å². The van der Waals surface area contributed by atoms with E-state index in [0.717, 1.165) is 0 Å². The monoisotopic (exact) mass is 282 g/mol. The molecular formula is C8H6BrF3N2O. The average molecular weight is 283 g/mol. The molecule has 0 radical (unpaired) electrons. The fourth-order valence-electron chi connectivity index (χ4n) is 0.811. The van der Waals surface area contributed by atoms with E-state index in [1.165, 1.54) is 12.1 Å². The molecule has 1 aromatic heterocycles. The van der Waals surface area contributed by atoms with Crippen LogP contribution in [0.1, 0.15) is 5.69 Å². The molecule has 0 fully saturated rings. The van der Waals surface area contributed by atoms with Crippen molar-refractivity contribution in [2.75, 3.05) is 5.32 Å². The minimum Gasteiger partial charge on any atom is -0.303 e. The van der Waals surface area contributed by atoms with Crippen LogP contribution >= 0.6 is 15.9 Å². The maximum atomic E-state index is 11.9. The summed E-state index contributed by atoms with van der Waals surface area (Å²) in [5.74, 6) is -2.14. The van der Waals surface area contributed by atoms with Crippen LogP contribution in [0.15, 0.2) is 18.2 Å². The molecule has 15 heavy (non-hydrogen) atoms. The van der Waals surface area contributed by atoms with Gasteiger partial charge in [-0.15, -0.1) is 0 Å². The standard InChI is InChI=1S/C8H6BrF3N2O/c9-4-5-2-1-3-6(13-5)14-7(15)8(10,11)12/h1-3H,4H2,(H,13,14,15). The first kappa shape index (κ1) is 12.0. The minimum atomic E-state index is -4.90. The number of amides is 1. The maximum absolute atomic E-state index is 11.9. The highest BCUT2D eigenvalue weighted by molar-refractivity contribution is 9.08. The van der Waals surface area contributed by atoms with Crippen LogP contribution in [-0.4, -0.2) is 17.1 Å². The van der Waals surface area contributed by atoms with Gasteiger partial charge >= 0.3 is 12.1 Å². The average Bonchev–Trinajstić information content (AvgIpc) is 2.16. The molecule has 0 unspecified atom stereocenters. The number of carbonyl (C=O) groups is 1. The van der Waals surface area contributed by atoms with Crippen molar-refractivity contribution in [2.24, 2.45) is 0 Å². The van der Waals surface area contributed by atoms with Gasteiger partial charge in [-0.25, -0.2) is 4.98 Å². The summed E-state index contributed by atoms with van der Waals surface area (Å²) in [4.78, 5) is 14.3. The fourth-order valence-corrected chi connectivity index (χ4v) is 1.12. The van der Waals surface area contributed by atoms with Gasteiger partial charge in [0.1, 0.15) is 5.82 Å². The van der Waals surface area contributed by atoms with Crippen molar-refractivity contribution in [3.05, 3.63) is 23.9 Å². The summed E-state index contributed by atoms with van der Waals surface area (Å²) in [7, 11) is 0. The van der Waals surface area contributed by atoms with Gasteiger partial charge in [0, 0.05) is 5.33 Å². The van der Waals surface area contributed by atoms with Crippen molar-refractivity contribution in [1.29, 1.82) is 0 Å². The van der Waals surface area contributed by atoms with Gasteiger partial charge < -0.3 is 5.32 Å². The highest BCUT2D eigenvalue weighted by Crippen LogP contribution is 2.17. The van der Waals surface area contributed by atoms with Crippen LogP contribution in [0.25, 0.3) is 0 Å². The third-order valence-corrected chi connectivity index (χ3v) is 2.02. The first-order valence-corrected chi connectivity index (χ1v) is 4.95. The van der Waals surface area contributed by atoms with E-state index >= 15 is 0 Å². The quantitative estimate of drug-likeness (QED) is 0.847. The molecule has 1 N–H and O–H groups in total. The molecule has 0 spiro atoms. The Hall–Kier alpha value is -1.11. The minimum absolute atomic E-state index is 0.116. The molecule has 0 bridgehead atoms. The predicted octanol–water partition coefficient (Wildman–Crippen LogP) is 2.48. The van der Waals surface area contributed by atoms with Gasteiger partial charge in [-0.1, -0.05) is 22.0 Å². The van der Waals surface area contributed by atoms with Gasteiger partial charge in [0.2, 0.25) is 0 Å². The normalized spacial score (nSPS) is 11.2. The lowest BCUT2D eigenvalue weighted by molar-refractivity contribution is -0.167. The number of alkyl halides is 4. The highest BCUT2D eigenvalue weighted by Gasteiger charge is 2.38. The Morgan fingerprint density at radius 2 is 2.13 bits per heavy atom. The molecule has 0 aliphatic carbocycles. The Morgan fingerprint density at radius 1 is 1.47 bits per heavy atom. The van der Waals surface area contributed by atoms with Crippen LogP contribution in [0, 0.1) is 0 Å². The lowest BCUT2D eigenvalue weighted by Gasteiger charge is -2.07. The summed E-state index contributed by atoms with van der Waals surface area (Å²) in [6.45, 7) is 0. The molecule has 1 heterocycles. The van der Waals surface area contributed by atoms with Crippen molar-refractivity contribution >= 4 is 27.7 Å². The summed E-state index contributed by atoms with van der Waals surface area (Å²) < 4.78 is 35.6. The SMILES string of the molecule is O=C(Nc1cccc(CBr)n1)C(F)(F)F. The van der Waals surface area contributed by atoms with E-state index in [-0.39, 0.29) is 5.82 Å². The molecule has 0 aliphatic heterocycles. The number of anilines is 1. The second kappa shape index (κ2) is 4.61. The third-order valence-electron chi connectivity index (χ3n) is 1.44. The highest BCUT2D eigenvalue weighted by atomic mass is 79.9. The summed E-state index contributed by atoms with van der Waals surface area (Å²) in [5, 5.41) is 2.07. The number of halogens is 4. The van der Waals surface area contributed by atoms with Gasteiger partial charge in [-0.3, -0.25) is 4.79 Å². The molecule has 1 rings (SSSR count). The number of rotatable bonds is 2. The first-order valence-electron chi connectivity index (χ1n) is 3.83. The molecule has 82 valence electrons. The number of nitrogens with one attached hydrogen (secondary N) is 1. The van der Waals surface area contributed by atoms with Gasteiger partial charge in [0.15, 0.2) is 0 Å². The largest absolute Gasteiger partial charge is 0.471 e. The molecule has 0 atom stereocenters. The predicted molar refractivity (Wildman–Crippen MR) is 51.6 cm³/mol. The van der Waals surface area contributed by atoms with Gasteiger partial charge in [-0.05, 0) is 12.1 Å². The topological polar surface area (TPSA) is 42.0 Å². The Balaban J connectivity index is 2.77. The first-order chi connectivity index (χ1) is 6.93. The van der Waals surface area contributed by atoms with E-state index in [9.17, 15) is 18.0 Å². The van der Waals surface area contributed by atoms with E-state index < -0.39 is 12.1 Å². The fraction of sp³-hybridized carbons (Fsp3) is 0.250. The molecule has 0 aliphatic rings. The van der Waals surface area contributed by atoms with Gasteiger partial charge in [-0.2, -0.15) is 13.2 Å². The van der Waals surface area contributed by atoms with E-state index in [4.69, 9.17) is 0 Å².